The number of ether oxygens (including phenoxy) is 1. The lowest BCUT2D eigenvalue weighted by molar-refractivity contribution is -0.117. The van der Waals surface area contributed by atoms with E-state index in [1.807, 2.05) is 63.2 Å². The number of benzene rings is 2. The molecule has 2 aromatic carbocycles. The van der Waals surface area contributed by atoms with Crippen molar-refractivity contribution in [3.05, 3.63) is 48.0 Å². The van der Waals surface area contributed by atoms with Crippen molar-refractivity contribution in [1.29, 1.82) is 0 Å². The number of amides is 3. The van der Waals surface area contributed by atoms with Crippen LogP contribution in [0.2, 0.25) is 0 Å². The molecule has 0 bridgehead atoms. The zero-order chi connectivity index (χ0) is 24.6. The number of likely N-dealkylation sites (tertiary alicyclic amines) is 1. The summed E-state index contributed by atoms with van der Waals surface area (Å²) in [5.41, 5.74) is 9.64. The first-order valence-electron chi connectivity index (χ1n) is 11.7. The standard InChI is InChI=1S/C26H32N4O4/c1-16(2)34-26(33)29-14-17(3)30(18(4)31)23-10-9-21(13-24(23)29)19-5-7-20(8-6-19)25(32)28-12-11-22(27)15-28/h5-10,13,16-17,22H,11-12,14-15,27H2,1-4H3/t17-,22?/m0/s1. The maximum atomic E-state index is 12.9. The number of carbonyl (C=O) groups is 3. The minimum absolute atomic E-state index is 0.0152. The predicted octanol–water partition coefficient (Wildman–Crippen LogP) is 3.63. The Labute approximate surface area is 200 Å². The van der Waals surface area contributed by atoms with Crippen molar-refractivity contribution in [1.82, 2.24) is 4.90 Å². The largest absolute Gasteiger partial charge is 0.446 e. The van der Waals surface area contributed by atoms with Crippen LogP contribution in [0.4, 0.5) is 16.2 Å². The van der Waals surface area contributed by atoms with Crippen LogP contribution in [0.15, 0.2) is 42.5 Å². The SMILES string of the molecule is CC(=O)N1c2ccc(-c3ccc(C(=O)N4CCC(N)C4)cc3)cc2N(C(=O)OC(C)C)C[C@@H]1C. The van der Waals surface area contributed by atoms with Crippen LogP contribution in [-0.4, -0.2) is 60.6 Å². The van der Waals surface area contributed by atoms with Gasteiger partial charge in [-0.25, -0.2) is 4.79 Å². The highest BCUT2D eigenvalue weighted by Gasteiger charge is 2.35. The fraction of sp³-hybridized carbons (Fsp3) is 0.423. The number of hydrogen-bond donors (Lipinski definition) is 1. The van der Waals surface area contributed by atoms with Crippen LogP contribution in [0.1, 0.15) is 44.5 Å². The van der Waals surface area contributed by atoms with E-state index in [4.69, 9.17) is 10.5 Å². The van der Waals surface area contributed by atoms with Gasteiger partial charge in [0.05, 0.1) is 23.5 Å². The Kier molecular flexibility index (Phi) is 6.61. The van der Waals surface area contributed by atoms with Crippen molar-refractivity contribution in [3.8, 4) is 11.1 Å². The van der Waals surface area contributed by atoms with Gasteiger partial charge >= 0.3 is 6.09 Å². The van der Waals surface area contributed by atoms with Crippen LogP contribution >= 0.6 is 0 Å². The first kappa shape index (κ1) is 23.8. The number of nitrogens with zero attached hydrogens (tertiary/aromatic N) is 3. The lowest BCUT2D eigenvalue weighted by Crippen LogP contribution is -2.51. The molecule has 34 heavy (non-hydrogen) atoms. The second-order valence-electron chi connectivity index (χ2n) is 9.36. The fourth-order valence-electron chi connectivity index (χ4n) is 4.68. The van der Waals surface area contributed by atoms with Gasteiger partial charge in [-0.2, -0.15) is 0 Å². The van der Waals surface area contributed by atoms with Crippen LogP contribution < -0.4 is 15.5 Å². The quantitative estimate of drug-likeness (QED) is 0.748. The summed E-state index contributed by atoms with van der Waals surface area (Å²) in [6, 6.07) is 13.0. The van der Waals surface area contributed by atoms with Crippen molar-refractivity contribution >= 4 is 29.3 Å². The fourth-order valence-corrected chi connectivity index (χ4v) is 4.68. The number of carbonyl (C=O) groups excluding carboxylic acids is 3. The van der Waals surface area contributed by atoms with Crippen molar-refractivity contribution in [2.45, 2.75) is 52.3 Å². The van der Waals surface area contributed by atoms with Gasteiger partial charge in [-0.15, -0.1) is 0 Å². The zero-order valence-electron chi connectivity index (χ0n) is 20.2. The second-order valence-corrected chi connectivity index (χ2v) is 9.36. The Morgan fingerprint density at radius 2 is 1.68 bits per heavy atom. The highest BCUT2D eigenvalue weighted by atomic mass is 16.6. The van der Waals surface area contributed by atoms with E-state index in [1.54, 1.807) is 14.7 Å². The van der Waals surface area contributed by atoms with E-state index in [9.17, 15) is 14.4 Å². The van der Waals surface area contributed by atoms with Crippen LogP contribution in [0.5, 0.6) is 0 Å². The summed E-state index contributed by atoms with van der Waals surface area (Å²) in [7, 11) is 0. The summed E-state index contributed by atoms with van der Waals surface area (Å²) >= 11 is 0. The molecule has 1 unspecified atom stereocenters. The van der Waals surface area contributed by atoms with E-state index in [0.29, 0.717) is 36.6 Å². The highest BCUT2D eigenvalue weighted by molar-refractivity contribution is 6.03. The van der Waals surface area contributed by atoms with Gasteiger partial charge in [-0.1, -0.05) is 18.2 Å². The van der Waals surface area contributed by atoms with Crippen LogP contribution in [0, 0.1) is 0 Å². The third-order valence-corrected chi connectivity index (χ3v) is 6.29. The highest BCUT2D eigenvalue weighted by Crippen LogP contribution is 2.39. The van der Waals surface area contributed by atoms with E-state index in [1.165, 1.54) is 6.92 Å². The summed E-state index contributed by atoms with van der Waals surface area (Å²) in [5.74, 6) is -0.0958. The zero-order valence-corrected chi connectivity index (χ0v) is 20.2. The third kappa shape index (κ3) is 4.63. The second kappa shape index (κ2) is 9.46. The van der Waals surface area contributed by atoms with Crippen LogP contribution in [0.3, 0.4) is 0 Å². The van der Waals surface area contributed by atoms with Crippen LogP contribution in [-0.2, 0) is 9.53 Å². The lowest BCUT2D eigenvalue weighted by atomic mass is 9.99. The summed E-state index contributed by atoms with van der Waals surface area (Å²) < 4.78 is 5.47. The molecule has 8 nitrogen and oxygen atoms in total. The van der Waals surface area contributed by atoms with Gasteiger partial charge in [0.1, 0.15) is 0 Å². The van der Waals surface area contributed by atoms with E-state index >= 15 is 0 Å². The number of hydrogen-bond acceptors (Lipinski definition) is 5. The molecule has 2 aliphatic heterocycles. The van der Waals surface area contributed by atoms with E-state index < -0.39 is 6.09 Å². The number of rotatable bonds is 3. The number of nitrogens with two attached hydrogens (primary N) is 1. The van der Waals surface area contributed by atoms with Crippen molar-refractivity contribution in [2.24, 2.45) is 5.73 Å². The van der Waals surface area contributed by atoms with E-state index in [-0.39, 0.29) is 30.0 Å². The molecule has 0 spiro atoms. The Bertz CT molecular complexity index is 1100. The maximum Gasteiger partial charge on any atom is 0.414 e. The molecule has 4 rings (SSSR count). The van der Waals surface area contributed by atoms with E-state index in [2.05, 4.69) is 0 Å². The van der Waals surface area contributed by atoms with Gasteiger partial charge in [-0.05, 0) is 62.6 Å². The number of fused-ring (bicyclic) bond motifs is 1. The minimum atomic E-state index is -0.437. The Hall–Kier alpha value is -3.39. The maximum absolute atomic E-state index is 12.9. The molecule has 2 atom stereocenters. The smallest absolute Gasteiger partial charge is 0.414 e. The summed E-state index contributed by atoms with van der Waals surface area (Å²) in [6.45, 7) is 8.66. The van der Waals surface area contributed by atoms with Gasteiger partial charge in [0.2, 0.25) is 5.91 Å². The van der Waals surface area contributed by atoms with Gasteiger partial charge in [0, 0.05) is 38.2 Å². The molecule has 0 aromatic heterocycles. The number of anilines is 2. The van der Waals surface area contributed by atoms with Crippen molar-refractivity contribution < 1.29 is 19.1 Å². The first-order valence-corrected chi connectivity index (χ1v) is 11.7. The lowest BCUT2D eigenvalue weighted by Gasteiger charge is -2.40. The average molecular weight is 465 g/mol. The minimum Gasteiger partial charge on any atom is -0.446 e. The van der Waals surface area contributed by atoms with Gasteiger partial charge in [0.25, 0.3) is 5.91 Å². The molecule has 1 fully saturated rings. The first-order chi connectivity index (χ1) is 16.2. The van der Waals surface area contributed by atoms with Crippen LogP contribution in [0.25, 0.3) is 11.1 Å². The average Bonchev–Trinajstić information content (AvgIpc) is 3.23. The molecule has 2 heterocycles. The van der Waals surface area contributed by atoms with Gasteiger partial charge in [0.15, 0.2) is 0 Å². The monoisotopic (exact) mass is 464 g/mol. The summed E-state index contributed by atoms with van der Waals surface area (Å²) in [6.07, 6.45) is 0.133. The molecular formula is C26H32N4O4. The third-order valence-electron chi connectivity index (χ3n) is 6.29. The molecule has 0 radical (unpaired) electrons. The molecule has 2 aromatic rings. The molecule has 8 heteroatoms. The molecule has 0 aliphatic carbocycles. The molecule has 1 saturated heterocycles. The predicted molar refractivity (Wildman–Crippen MR) is 132 cm³/mol. The van der Waals surface area contributed by atoms with Gasteiger partial charge < -0.3 is 20.3 Å². The Morgan fingerprint density at radius 3 is 2.26 bits per heavy atom. The molecule has 180 valence electrons. The molecule has 2 aliphatic rings. The summed E-state index contributed by atoms with van der Waals surface area (Å²) in [5, 5.41) is 0. The van der Waals surface area contributed by atoms with Gasteiger partial charge in [-0.3, -0.25) is 14.5 Å². The molecular weight excluding hydrogens is 432 g/mol. The Balaban J connectivity index is 1.66. The topological polar surface area (TPSA) is 96.2 Å². The molecule has 3 amide bonds. The molecule has 2 N–H and O–H groups in total. The van der Waals surface area contributed by atoms with Crippen molar-refractivity contribution in [3.63, 3.8) is 0 Å². The molecule has 0 saturated carbocycles. The van der Waals surface area contributed by atoms with E-state index in [0.717, 1.165) is 17.5 Å². The van der Waals surface area contributed by atoms with Crippen molar-refractivity contribution in [2.75, 3.05) is 29.4 Å². The normalized spacial score (nSPS) is 19.9. The summed E-state index contributed by atoms with van der Waals surface area (Å²) in [4.78, 5) is 43.1. The Morgan fingerprint density at radius 1 is 1.00 bits per heavy atom.